The van der Waals surface area contributed by atoms with Gasteiger partial charge in [0.1, 0.15) is 5.75 Å². The highest BCUT2D eigenvalue weighted by Gasteiger charge is 2.17. The summed E-state index contributed by atoms with van der Waals surface area (Å²) in [5, 5.41) is 11.3. The van der Waals surface area contributed by atoms with E-state index in [1.807, 2.05) is 13.0 Å². The number of nitriles is 1. The number of nitrogens with one attached hydrogen (secondary N) is 1. The van der Waals surface area contributed by atoms with E-state index in [0.717, 1.165) is 12.8 Å². The summed E-state index contributed by atoms with van der Waals surface area (Å²) in [6, 6.07) is 8.37. The van der Waals surface area contributed by atoms with Gasteiger partial charge < -0.3 is 14.8 Å². The molecule has 0 aliphatic rings. The van der Waals surface area contributed by atoms with Gasteiger partial charge in [-0.05, 0) is 37.6 Å². The van der Waals surface area contributed by atoms with Gasteiger partial charge in [-0.15, -0.1) is 0 Å². The van der Waals surface area contributed by atoms with Crippen molar-refractivity contribution in [3.8, 4) is 11.8 Å². The Labute approximate surface area is 130 Å². The Hall–Kier alpha value is -2.55. The number of ether oxygens (including phenoxy) is 2. The Bertz CT molecular complexity index is 534. The summed E-state index contributed by atoms with van der Waals surface area (Å²) in [5.74, 6) is -0.488. The molecule has 1 rings (SSSR count). The molecule has 22 heavy (non-hydrogen) atoms. The van der Waals surface area contributed by atoms with Crippen molar-refractivity contribution >= 4 is 11.9 Å². The Morgan fingerprint density at radius 2 is 2.00 bits per heavy atom. The number of hydrogen-bond acceptors (Lipinski definition) is 5. The van der Waals surface area contributed by atoms with E-state index in [-0.39, 0.29) is 12.5 Å². The van der Waals surface area contributed by atoms with Gasteiger partial charge in [-0.1, -0.05) is 13.3 Å². The van der Waals surface area contributed by atoms with Crippen LogP contribution in [0.25, 0.3) is 0 Å². The lowest BCUT2D eigenvalue weighted by molar-refractivity contribution is -0.154. The average molecular weight is 304 g/mol. The Morgan fingerprint density at radius 3 is 2.59 bits per heavy atom. The fraction of sp³-hybridized carbons (Fsp3) is 0.438. The summed E-state index contributed by atoms with van der Waals surface area (Å²) in [4.78, 5) is 23.1. The number of nitrogens with zero attached hydrogens (tertiary/aromatic N) is 1. The minimum atomic E-state index is -0.837. The minimum absolute atomic E-state index is 0.316. The fourth-order valence-corrected chi connectivity index (χ4v) is 1.57. The van der Waals surface area contributed by atoms with E-state index in [1.54, 1.807) is 24.3 Å². The Balaban J connectivity index is 2.35. The molecule has 0 unspecified atom stereocenters. The molecule has 0 heterocycles. The van der Waals surface area contributed by atoms with Crippen molar-refractivity contribution in [2.75, 3.05) is 13.2 Å². The lowest BCUT2D eigenvalue weighted by Crippen LogP contribution is -2.33. The fourth-order valence-electron chi connectivity index (χ4n) is 1.57. The van der Waals surface area contributed by atoms with Crippen LogP contribution in [0.2, 0.25) is 0 Å². The predicted octanol–water partition coefficient (Wildman–Crippen LogP) is 1.79. The average Bonchev–Trinajstić information content (AvgIpc) is 2.53. The third-order valence-corrected chi connectivity index (χ3v) is 2.83. The highest BCUT2D eigenvalue weighted by atomic mass is 16.6. The van der Waals surface area contributed by atoms with Crippen LogP contribution in [-0.2, 0) is 14.3 Å². The molecular formula is C16H20N2O4. The number of amides is 1. The SMILES string of the molecule is CCCCNC(=O)COC(=O)[C@@H](C)Oc1ccc(C#N)cc1. The van der Waals surface area contributed by atoms with Crippen LogP contribution in [0, 0.1) is 11.3 Å². The van der Waals surface area contributed by atoms with E-state index < -0.39 is 12.1 Å². The van der Waals surface area contributed by atoms with E-state index in [4.69, 9.17) is 14.7 Å². The molecular weight excluding hydrogens is 284 g/mol. The van der Waals surface area contributed by atoms with E-state index in [0.29, 0.717) is 17.9 Å². The maximum atomic E-state index is 11.7. The Kier molecular flexibility index (Phi) is 7.48. The number of benzene rings is 1. The molecule has 1 N–H and O–H groups in total. The standard InChI is InChI=1S/C16H20N2O4/c1-3-4-9-18-15(19)11-21-16(20)12(2)22-14-7-5-13(10-17)6-8-14/h5-8,12H,3-4,9,11H2,1-2H3,(H,18,19)/t12-/m1/s1. The zero-order chi connectivity index (χ0) is 16.4. The molecule has 0 bridgehead atoms. The highest BCUT2D eigenvalue weighted by molar-refractivity contribution is 5.81. The first-order valence-corrected chi connectivity index (χ1v) is 7.17. The molecule has 118 valence electrons. The normalized spacial score (nSPS) is 11.1. The van der Waals surface area contributed by atoms with Crippen molar-refractivity contribution in [1.29, 1.82) is 5.26 Å². The number of esters is 1. The first-order chi connectivity index (χ1) is 10.6. The predicted molar refractivity (Wildman–Crippen MR) is 80.1 cm³/mol. The van der Waals surface area contributed by atoms with Crippen LogP contribution in [-0.4, -0.2) is 31.1 Å². The van der Waals surface area contributed by atoms with Gasteiger partial charge in [0.2, 0.25) is 0 Å². The van der Waals surface area contributed by atoms with Crippen molar-refractivity contribution in [3.05, 3.63) is 29.8 Å². The van der Waals surface area contributed by atoms with Crippen LogP contribution < -0.4 is 10.1 Å². The van der Waals surface area contributed by atoms with Gasteiger partial charge in [0.15, 0.2) is 12.7 Å². The smallest absolute Gasteiger partial charge is 0.347 e. The second kappa shape index (κ2) is 9.40. The molecule has 1 aromatic carbocycles. The molecule has 1 aromatic rings. The van der Waals surface area contributed by atoms with E-state index in [2.05, 4.69) is 5.32 Å². The summed E-state index contributed by atoms with van der Waals surface area (Å²) in [5.41, 5.74) is 0.506. The van der Waals surface area contributed by atoms with Crippen molar-refractivity contribution in [3.63, 3.8) is 0 Å². The molecule has 0 saturated heterocycles. The summed E-state index contributed by atoms with van der Waals surface area (Å²) < 4.78 is 10.3. The summed E-state index contributed by atoms with van der Waals surface area (Å²) >= 11 is 0. The molecule has 0 saturated carbocycles. The summed E-state index contributed by atoms with van der Waals surface area (Å²) in [7, 11) is 0. The van der Waals surface area contributed by atoms with Crippen LogP contribution in [0.5, 0.6) is 5.75 Å². The molecule has 1 amide bonds. The number of carbonyl (C=O) groups excluding carboxylic acids is 2. The number of carbonyl (C=O) groups is 2. The lowest BCUT2D eigenvalue weighted by Gasteiger charge is -2.14. The van der Waals surface area contributed by atoms with Crippen LogP contribution in [0.3, 0.4) is 0 Å². The molecule has 0 aliphatic carbocycles. The van der Waals surface area contributed by atoms with Crippen molar-refractivity contribution in [2.45, 2.75) is 32.8 Å². The van der Waals surface area contributed by atoms with Gasteiger partial charge in [0.25, 0.3) is 5.91 Å². The third kappa shape index (κ3) is 6.27. The van der Waals surface area contributed by atoms with Crippen molar-refractivity contribution in [1.82, 2.24) is 5.32 Å². The first-order valence-electron chi connectivity index (χ1n) is 7.17. The maximum absolute atomic E-state index is 11.7. The largest absolute Gasteiger partial charge is 0.479 e. The second-order valence-electron chi connectivity index (χ2n) is 4.71. The molecule has 0 aliphatic heterocycles. The monoisotopic (exact) mass is 304 g/mol. The lowest BCUT2D eigenvalue weighted by atomic mass is 10.2. The zero-order valence-electron chi connectivity index (χ0n) is 12.8. The van der Waals surface area contributed by atoms with Gasteiger partial charge in [0.05, 0.1) is 11.6 Å². The summed E-state index contributed by atoms with van der Waals surface area (Å²) in [6.45, 7) is 3.82. The van der Waals surface area contributed by atoms with Gasteiger partial charge in [-0.25, -0.2) is 4.79 Å². The van der Waals surface area contributed by atoms with Crippen LogP contribution in [0.1, 0.15) is 32.3 Å². The van der Waals surface area contributed by atoms with Crippen molar-refractivity contribution < 1.29 is 19.1 Å². The van der Waals surface area contributed by atoms with Crippen LogP contribution in [0.15, 0.2) is 24.3 Å². The van der Waals surface area contributed by atoms with Crippen LogP contribution >= 0.6 is 0 Å². The van der Waals surface area contributed by atoms with Crippen molar-refractivity contribution in [2.24, 2.45) is 0 Å². The quantitative estimate of drug-likeness (QED) is 0.584. The molecule has 0 spiro atoms. The van der Waals surface area contributed by atoms with Crippen LogP contribution in [0.4, 0.5) is 0 Å². The third-order valence-electron chi connectivity index (χ3n) is 2.83. The van der Waals surface area contributed by atoms with Gasteiger partial charge >= 0.3 is 5.97 Å². The van der Waals surface area contributed by atoms with E-state index in [9.17, 15) is 9.59 Å². The van der Waals surface area contributed by atoms with Gasteiger partial charge in [-0.2, -0.15) is 5.26 Å². The highest BCUT2D eigenvalue weighted by Crippen LogP contribution is 2.13. The molecule has 6 heteroatoms. The van der Waals surface area contributed by atoms with Gasteiger partial charge in [0, 0.05) is 6.54 Å². The van der Waals surface area contributed by atoms with E-state index >= 15 is 0 Å². The Morgan fingerprint density at radius 1 is 1.32 bits per heavy atom. The van der Waals surface area contributed by atoms with Gasteiger partial charge in [-0.3, -0.25) is 4.79 Å². The van der Waals surface area contributed by atoms with E-state index in [1.165, 1.54) is 6.92 Å². The number of unbranched alkanes of at least 4 members (excludes halogenated alkanes) is 1. The molecule has 0 aromatic heterocycles. The minimum Gasteiger partial charge on any atom is -0.479 e. The molecule has 0 radical (unpaired) electrons. The maximum Gasteiger partial charge on any atom is 0.347 e. The zero-order valence-corrected chi connectivity index (χ0v) is 12.8. The molecule has 0 fully saturated rings. The topological polar surface area (TPSA) is 88.4 Å². The number of rotatable bonds is 8. The molecule has 1 atom stereocenters. The first kappa shape index (κ1) is 17.5. The summed E-state index contributed by atoms with van der Waals surface area (Å²) in [6.07, 6.45) is 1.03. The number of hydrogen-bond donors (Lipinski definition) is 1. The second-order valence-corrected chi connectivity index (χ2v) is 4.71. The molecule has 6 nitrogen and oxygen atoms in total.